The number of benzene rings is 1. The number of nitrogens with one attached hydrogen (secondary N) is 1. The van der Waals surface area contributed by atoms with Gasteiger partial charge in [0.15, 0.2) is 5.65 Å². The van der Waals surface area contributed by atoms with E-state index in [0.29, 0.717) is 0 Å². The van der Waals surface area contributed by atoms with Crippen molar-refractivity contribution in [2.24, 2.45) is 0 Å². The molecular weight excluding hydrogens is 338 g/mol. The largest absolute Gasteiger partial charge is 0.486 e. The molecule has 4 heterocycles. The Hall–Kier alpha value is -2.60. The van der Waals surface area contributed by atoms with Crippen LogP contribution >= 0.6 is 0 Å². The Morgan fingerprint density at radius 3 is 2.81 bits per heavy atom. The zero-order valence-corrected chi connectivity index (χ0v) is 15.9. The van der Waals surface area contributed by atoms with Crippen LogP contribution in [-0.2, 0) is 12.8 Å². The predicted molar refractivity (Wildman–Crippen MR) is 106 cm³/mol. The van der Waals surface area contributed by atoms with Crippen LogP contribution < -0.4 is 15.0 Å². The lowest BCUT2D eigenvalue weighted by Crippen LogP contribution is -2.55. The number of hydrogen-bond donors (Lipinski definition) is 1. The molecule has 2 aliphatic rings. The second kappa shape index (κ2) is 6.53. The molecule has 5 rings (SSSR count). The van der Waals surface area contributed by atoms with Gasteiger partial charge in [0.05, 0.1) is 25.0 Å². The number of aromatic nitrogens is 3. The van der Waals surface area contributed by atoms with Crippen molar-refractivity contribution in [3.05, 3.63) is 52.8 Å². The molecule has 140 valence electrons. The number of anilines is 1. The molecule has 0 aliphatic carbocycles. The van der Waals surface area contributed by atoms with E-state index >= 15 is 0 Å². The van der Waals surface area contributed by atoms with Gasteiger partial charge in [-0.3, -0.25) is 0 Å². The molecule has 1 N–H and O–H groups in total. The molecule has 0 saturated carbocycles. The Labute approximate surface area is 159 Å². The molecule has 3 aromatic rings. The summed E-state index contributed by atoms with van der Waals surface area (Å²) in [6.45, 7) is 7.97. The average Bonchev–Trinajstić information content (AvgIpc) is 2.95. The molecule has 0 atom stereocenters. The van der Waals surface area contributed by atoms with Gasteiger partial charge in [-0.15, -0.1) is 0 Å². The Morgan fingerprint density at radius 1 is 1.11 bits per heavy atom. The van der Waals surface area contributed by atoms with Gasteiger partial charge in [0.2, 0.25) is 0 Å². The number of fused-ring (bicyclic) bond motifs is 2. The first kappa shape index (κ1) is 16.6. The van der Waals surface area contributed by atoms with Crippen LogP contribution in [0.3, 0.4) is 0 Å². The van der Waals surface area contributed by atoms with Crippen LogP contribution in [-0.4, -0.2) is 46.9 Å². The minimum atomic E-state index is 0.213. The van der Waals surface area contributed by atoms with E-state index in [1.807, 2.05) is 16.8 Å². The lowest BCUT2D eigenvalue weighted by Gasteiger charge is -2.41. The van der Waals surface area contributed by atoms with E-state index in [0.717, 1.165) is 50.4 Å². The summed E-state index contributed by atoms with van der Waals surface area (Å²) in [5.41, 5.74) is 5.95. The molecule has 0 spiro atoms. The average molecular weight is 363 g/mol. The Bertz CT molecular complexity index is 990. The summed E-state index contributed by atoms with van der Waals surface area (Å²) in [6.07, 6.45) is 4.02. The third-order valence-corrected chi connectivity index (χ3v) is 5.55. The summed E-state index contributed by atoms with van der Waals surface area (Å²) in [6, 6.07) is 8.37. The summed E-state index contributed by atoms with van der Waals surface area (Å²) in [7, 11) is 0. The molecule has 1 fully saturated rings. The molecule has 6 nitrogen and oxygen atoms in total. The Morgan fingerprint density at radius 2 is 1.96 bits per heavy atom. The summed E-state index contributed by atoms with van der Waals surface area (Å²) in [5, 5.41) is 8.03. The van der Waals surface area contributed by atoms with Gasteiger partial charge in [0.1, 0.15) is 17.7 Å². The third kappa shape index (κ3) is 2.94. The van der Waals surface area contributed by atoms with Crippen LogP contribution in [0.25, 0.3) is 5.65 Å². The zero-order valence-electron chi connectivity index (χ0n) is 15.9. The number of rotatable bonds is 3. The lowest BCUT2D eigenvalue weighted by molar-refractivity contribution is 0.165. The molecule has 27 heavy (non-hydrogen) atoms. The maximum atomic E-state index is 6.25. The van der Waals surface area contributed by atoms with Crippen LogP contribution in [0, 0.1) is 13.8 Å². The fourth-order valence-electron chi connectivity index (χ4n) is 4.14. The second-order valence-corrected chi connectivity index (χ2v) is 7.63. The van der Waals surface area contributed by atoms with Gasteiger partial charge in [0, 0.05) is 24.6 Å². The number of ether oxygens (including phenoxy) is 1. The topological polar surface area (TPSA) is 54.7 Å². The van der Waals surface area contributed by atoms with Crippen LogP contribution in [0.5, 0.6) is 5.75 Å². The first-order valence-corrected chi connectivity index (χ1v) is 9.74. The SMILES string of the molecule is Cc1ccc(OC2CN(c3c4c(nc5ccnn35)CCNCC4)C2)c(C)c1. The standard InChI is InChI=1S/C21H25N5O/c1-14-3-4-19(15(2)11-14)27-16-12-25(13-16)21-17-5-8-22-9-6-18(17)24-20-7-10-23-26(20)21/h3-4,7,10-11,16,22H,5-6,8-9,12-13H2,1-2H3. The van der Waals surface area contributed by atoms with E-state index in [4.69, 9.17) is 9.72 Å². The monoisotopic (exact) mass is 363 g/mol. The lowest BCUT2D eigenvalue weighted by atomic mass is 10.1. The van der Waals surface area contributed by atoms with Gasteiger partial charge in [-0.1, -0.05) is 17.7 Å². The highest BCUT2D eigenvalue weighted by Gasteiger charge is 2.33. The smallest absolute Gasteiger partial charge is 0.157 e. The zero-order chi connectivity index (χ0) is 18.4. The van der Waals surface area contributed by atoms with E-state index in [1.54, 1.807) is 0 Å². The molecule has 2 aliphatic heterocycles. The van der Waals surface area contributed by atoms with Crippen molar-refractivity contribution in [2.45, 2.75) is 32.8 Å². The van der Waals surface area contributed by atoms with Gasteiger partial charge in [-0.05, 0) is 38.4 Å². The van der Waals surface area contributed by atoms with E-state index in [1.165, 1.54) is 28.2 Å². The van der Waals surface area contributed by atoms with Gasteiger partial charge in [-0.2, -0.15) is 9.61 Å². The van der Waals surface area contributed by atoms with Crippen molar-refractivity contribution in [1.82, 2.24) is 19.9 Å². The normalized spacial score (nSPS) is 17.5. The highest BCUT2D eigenvalue weighted by Crippen LogP contribution is 2.31. The summed E-state index contributed by atoms with van der Waals surface area (Å²) >= 11 is 0. The number of hydrogen-bond acceptors (Lipinski definition) is 5. The number of aryl methyl sites for hydroxylation is 2. The molecule has 1 aromatic carbocycles. The maximum Gasteiger partial charge on any atom is 0.157 e. The molecule has 0 amide bonds. The van der Waals surface area contributed by atoms with Crippen LogP contribution in [0.15, 0.2) is 30.5 Å². The van der Waals surface area contributed by atoms with E-state index < -0.39 is 0 Å². The quantitative estimate of drug-likeness (QED) is 0.774. The summed E-state index contributed by atoms with van der Waals surface area (Å²) in [4.78, 5) is 7.24. The molecule has 0 bridgehead atoms. The van der Waals surface area contributed by atoms with Crippen molar-refractivity contribution in [3.63, 3.8) is 0 Å². The minimum absolute atomic E-state index is 0.213. The summed E-state index contributed by atoms with van der Waals surface area (Å²) in [5.74, 6) is 2.19. The van der Waals surface area contributed by atoms with Crippen molar-refractivity contribution >= 4 is 11.5 Å². The van der Waals surface area contributed by atoms with Gasteiger partial charge < -0.3 is 15.0 Å². The second-order valence-electron chi connectivity index (χ2n) is 7.63. The fraction of sp³-hybridized carbons (Fsp3) is 0.429. The van der Waals surface area contributed by atoms with Crippen LogP contribution in [0.1, 0.15) is 22.4 Å². The van der Waals surface area contributed by atoms with E-state index in [-0.39, 0.29) is 6.10 Å². The van der Waals surface area contributed by atoms with Crippen molar-refractivity contribution in [3.8, 4) is 5.75 Å². The predicted octanol–water partition coefficient (Wildman–Crippen LogP) is 2.30. The van der Waals surface area contributed by atoms with Crippen molar-refractivity contribution in [1.29, 1.82) is 0 Å². The van der Waals surface area contributed by atoms with E-state index in [9.17, 15) is 0 Å². The van der Waals surface area contributed by atoms with Gasteiger partial charge in [-0.25, -0.2) is 4.98 Å². The van der Waals surface area contributed by atoms with Gasteiger partial charge in [0.25, 0.3) is 0 Å². The van der Waals surface area contributed by atoms with Crippen molar-refractivity contribution < 1.29 is 4.74 Å². The first-order valence-electron chi connectivity index (χ1n) is 9.74. The van der Waals surface area contributed by atoms with Crippen LogP contribution in [0.2, 0.25) is 0 Å². The molecular formula is C21H25N5O. The maximum absolute atomic E-state index is 6.25. The molecule has 0 radical (unpaired) electrons. The highest BCUT2D eigenvalue weighted by atomic mass is 16.5. The van der Waals surface area contributed by atoms with E-state index in [2.05, 4.69) is 47.4 Å². The third-order valence-electron chi connectivity index (χ3n) is 5.55. The minimum Gasteiger partial charge on any atom is -0.486 e. The molecule has 1 saturated heterocycles. The summed E-state index contributed by atoms with van der Waals surface area (Å²) < 4.78 is 8.25. The van der Waals surface area contributed by atoms with Crippen molar-refractivity contribution in [2.75, 3.05) is 31.1 Å². The van der Waals surface area contributed by atoms with Crippen LogP contribution in [0.4, 0.5) is 5.82 Å². The molecule has 0 unspecified atom stereocenters. The first-order chi connectivity index (χ1) is 13.2. The van der Waals surface area contributed by atoms with Gasteiger partial charge >= 0.3 is 0 Å². The Kier molecular flexibility index (Phi) is 4.01. The molecule has 6 heteroatoms. The Balaban J connectivity index is 1.41. The number of nitrogens with zero attached hydrogens (tertiary/aromatic N) is 4. The molecule has 2 aromatic heterocycles. The highest BCUT2D eigenvalue weighted by molar-refractivity contribution is 5.59. The fourth-order valence-corrected chi connectivity index (χ4v) is 4.14.